The largest absolute Gasteiger partial charge is 0.280 e. The number of aliphatic imine (C=N–C) groups is 1. The van der Waals surface area contributed by atoms with E-state index in [1.165, 1.54) is 11.8 Å². The number of hydrogen-bond donors (Lipinski definition) is 0. The third-order valence-corrected chi connectivity index (χ3v) is 5.39. The number of thioether (sulfide) groups is 2. The standard InChI is InChI=1S/C17H16N2OS2/c20-16(13-22-17-18-11-12-21-17)19(14-7-3-1-4-8-14)15-9-5-2-6-10-15/h1-10H,11-13H2. The van der Waals surface area contributed by atoms with Crippen LogP contribution >= 0.6 is 23.5 Å². The first-order chi connectivity index (χ1) is 10.8. The van der Waals surface area contributed by atoms with Crippen molar-refractivity contribution in [2.24, 2.45) is 4.99 Å². The molecule has 112 valence electrons. The molecule has 2 aromatic rings. The Kier molecular flexibility index (Phi) is 5.19. The van der Waals surface area contributed by atoms with Crippen LogP contribution in [0.25, 0.3) is 0 Å². The van der Waals surface area contributed by atoms with Crippen LogP contribution in [0.4, 0.5) is 11.4 Å². The number of rotatable bonds is 4. The van der Waals surface area contributed by atoms with Gasteiger partial charge in [-0.05, 0) is 24.3 Å². The van der Waals surface area contributed by atoms with Gasteiger partial charge in [0, 0.05) is 17.1 Å². The predicted octanol–water partition coefficient (Wildman–Crippen LogP) is 4.19. The summed E-state index contributed by atoms with van der Waals surface area (Å²) in [6.07, 6.45) is 0. The molecular weight excluding hydrogens is 312 g/mol. The molecule has 5 heteroatoms. The first-order valence-electron chi connectivity index (χ1n) is 7.08. The van der Waals surface area contributed by atoms with Crippen molar-refractivity contribution < 1.29 is 4.79 Å². The van der Waals surface area contributed by atoms with Crippen molar-refractivity contribution in [1.29, 1.82) is 0 Å². The van der Waals surface area contributed by atoms with Crippen molar-refractivity contribution in [3.8, 4) is 0 Å². The van der Waals surface area contributed by atoms with E-state index in [0.29, 0.717) is 5.75 Å². The maximum Gasteiger partial charge on any atom is 0.241 e. The lowest BCUT2D eigenvalue weighted by atomic mass is 10.2. The average molecular weight is 328 g/mol. The van der Waals surface area contributed by atoms with Crippen molar-refractivity contribution in [3.05, 3.63) is 60.7 Å². The fraction of sp³-hybridized carbons (Fsp3) is 0.176. The lowest BCUT2D eigenvalue weighted by Gasteiger charge is -2.22. The Labute approximate surface area is 138 Å². The normalized spacial score (nSPS) is 13.7. The van der Waals surface area contributed by atoms with Gasteiger partial charge in [0.1, 0.15) is 4.38 Å². The van der Waals surface area contributed by atoms with Crippen molar-refractivity contribution in [2.75, 3.05) is 23.0 Å². The fourth-order valence-corrected chi connectivity index (χ4v) is 4.04. The Morgan fingerprint density at radius 3 is 2.14 bits per heavy atom. The van der Waals surface area contributed by atoms with E-state index in [9.17, 15) is 4.79 Å². The summed E-state index contributed by atoms with van der Waals surface area (Å²) in [6, 6.07) is 19.5. The third-order valence-electron chi connectivity index (χ3n) is 3.16. The van der Waals surface area contributed by atoms with Crippen LogP contribution in [0.5, 0.6) is 0 Å². The van der Waals surface area contributed by atoms with Gasteiger partial charge in [-0.2, -0.15) is 0 Å². The average Bonchev–Trinajstić information content (AvgIpc) is 3.09. The van der Waals surface area contributed by atoms with E-state index in [2.05, 4.69) is 4.99 Å². The predicted molar refractivity (Wildman–Crippen MR) is 97.2 cm³/mol. The van der Waals surface area contributed by atoms with Gasteiger partial charge in [-0.25, -0.2) is 0 Å². The van der Waals surface area contributed by atoms with Crippen LogP contribution in [0, 0.1) is 0 Å². The molecule has 0 spiro atoms. The first-order valence-corrected chi connectivity index (χ1v) is 9.05. The van der Waals surface area contributed by atoms with Gasteiger partial charge in [0.25, 0.3) is 0 Å². The molecule has 0 fully saturated rings. The fourth-order valence-electron chi connectivity index (χ4n) is 2.18. The van der Waals surface area contributed by atoms with E-state index in [1.54, 1.807) is 16.7 Å². The number of carbonyl (C=O) groups is 1. The van der Waals surface area contributed by atoms with Crippen molar-refractivity contribution >= 4 is 45.2 Å². The summed E-state index contributed by atoms with van der Waals surface area (Å²) in [5.74, 6) is 1.49. The second-order valence-electron chi connectivity index (χ2n) is 4.69. The van der Waals surface area contributed by atoms with Crippen LogP contribution < -0.4 is 4.90 Å². The second kappa shape index (κ2) is 7.51. The van der Waals surface area contributed by atoms with Crippen molar-refractivity contribution in [1.82, 2.24) is 0 Å². The van der Waals surface area contributed by atoms with Crippen LogP contribution in [-0.4, -0.2) is 28.3 Å². The summed E-state index contributed by atoms with van der Waals surface area (Å²) in [7, 11) is 0. The zero-order valence-electron chi connectivity index (χ0n) is 12.0. The number of carbonyl (C=O) groups excluding carboxylic acids is 1. The molecule has 2 aromatic carbocycles. The number of hydrogen-bond acceptors (Lipinski definition) is 4. The summed E-state index contributed by atoms with van der Waals surface area (Å²) < 4.78 is 1.02. The van der Waals surface area contributed by atoms with Gasteiger partial charge in [-0.1, -0.05) is 59.9 Å². The molecule has 1 amide bonds. The highest BCUT2D eigenvalue weighted by atomic mass is 32.2. The zero-order valence-corrected chi connectivity index (χ0v) is 13.6. The van der Waals surface area contributed by atoms with Gasteiger partial charge in [0.15, 0.2) is 0 Å². The third kappa shape index (κ3) is 3.72. The van der Waals surface area contributed by atoms with Crippen LogP contribution in [0.1, 0.15) is 0 Å². The molecule has 22 heavy (non-hydrogen) atoms. The maximum atomic E-state index is 12.7. The first kappa shape index (κ1) is 15.2. The molecule has 0 radical (unpaired) electrons. The van der Waals surface area contributed by atoms with Gasteiger partial charge < -0.3 is 0 Å². The van der Waals surface area contributed by atoms with Crippen LogP contribution in [0.2, 0.25) is 0 Å². The molecule has 1 aliphatic heterocycles. The SMILES string of the molecule is O=C(CSC1=NCCS1)N(c1ccccc1)c1ccccc1. The highest BCUT2D eigenvalue weighted by Gasteiger charge is 2.19. The summed E-state index contributed by atoms with van der Waals surface area (Å²) in [6.45, 7) is 0.863. The van der Waals surface area contributed by atoms with Crippen LogP contribution in [0.3, 0.4) is 0 Å². The molecule has 1 heterocycles. The summed E-state index contributed by atoms with van der Waals surface area (Å²) in [5, 5.41) is 0. The Morgan fingerprint density at radius 1 is 1.05 bits per heavy atom. The Balaban J connectivity index is 1.80. The van der Waals surface area contributed by atoms with Gasteiger partial charge in [-0.15, -0.1) is 0 Å². The van der Waals surface area contributed by atoms with Gasteiger partial charge in [-0.3, -0.25) is 14.7 Å². The van der Waals surface area contributed by atoms with Gasteiger partial charge in [0.05, 0.1) is 12.3 Å². The monoisotopic (exact) mass is 328 g/mol. The lowest BCUT2D eigenvalue weighted by molar-refractivity contribution is -0.115. The van der Waals surface area contributed by atoms with E-state index in [-0.39, 0.29) is 5.91 Å². The second-order valence-corrected chi connectivity index (χ2v) is 6.99. The molecule has 0 aromatic heterocycles. The molecule has 0 N–H and O–H groups in total. The Morgan fingerprint density at radius 2 is 1.64 bits per heavy atom. The number of amides is 1. The van der Waals surface area contributed by atoms with Gasteiger partial charge in [0.2, 0.25) is 5.91 Å². The molecule has 0 bridgehead atoms. The molecule has 3 nitrogen and oxygen atoms in total. The van der Waals surface area contributed by atoms with Crippen LogP contribution in [0.15, 0.2) is 65.7 Å². The van der Waals surface area contributed by atoms with E-state index in [0.717, 1.165) is 28.0 Å². The Bertz CT molecular complexity index is 619. The summed E-state index contributed by atoms with van der Waals surface area (Å²) >= 11 is 3.26. The molecule has 1 aliphatic rings. The van der Waals surface area contributed by atoms with Gasteiger partial charge >= 0.3 is 0 Å². The molecule has 0 saturated heterocycles. The minimum Gasteiger partial charge on any atom is -0.280 e. The molecule has 0 saturated carbocycles. The van der Waals surface area contributed by atoms with Crippen molar-refractivity contribution in [3.63, 3.8) is 0 Å². The number of benzene rings is 2. The Hall–Kier alpha value is -1.72. The minimum absolute atomic E-state index is 0.0672. The highest BCUT2D eigenvalue weighted by Crippen LogP contribution is 2.28. The lowest BCUT2D eigenvalue weighted by Crippen LogP contribution is -2.27. The van der Waals surface area contributed by atoms with E-state index in [1.807, 2.05) is 60.7 Å². The van der Waals surface area contributed by atoms with E-state index >= 15 is 0 Å². The maximum absolute atomic E-state index is 12.7. The van der Waals surface area contributed by atoms with E-state index < -0.39 is 0 Å². The van der Waals surface area contributed by atoms with Crippen LogP contribution in [-0.2, 0) is 4.79 Å². The molecule has 0 unspecified atom stereocenters. The number of nitrogens with zero attached hydrogens (tertiary/aromatic N) is 2. The number of anilines is 2. The topological polar surface area (TPSA) is 32.7 Å². The molecular formula is C17H16N2OS2. The smallest absolute Gasteiger partial charge is 0.241 e. The quantitative estimate of drug-likeness (QED) is 0.844. The summed E-state index contributed by atoms with van der Waals surface area (Å²) in [4.78, 5) is 18.9. The van der Waals surface area contributed by atoms with Crippen molar-refractivity contribution in [2.45, 2.75) is 0 Å². The minimum atomic E-state index is 0.0672. The van der Waals surface area contributed by atoms with E-state index in [4.69, 9.17) is 0 Å². The summed E-state index contributed by atoms with van der Waals surface area (Å²) in [5.41, 5.74) is 1.78. The molecule has 0 atom stereocenters. The number of para-hydroxylation sites is 2. The highest BCUT2D eigenvalue weighted by molar-refractivity contribution is 8.39. The molecule has 0 aliphatic carbocycles. The zero-order chi connectivity index (χ0) is 15.2. The molecule has 3 rings (SSSR count).